The van der Waals surface area contributed by atoms with E-state index in [0.29, 0.717) is 12.1 Å². The van der Waals surface area contributed by atoms with E-state index < -0.39 is 0 Å². The second kappa shape index (κ2) is 7.11. The number of amides is 1. The van der Waals surface area contributed by atoms with Crippen LogP contribution in [0.25, 0.3) is 0 Å². The van der Waals surface area contributed by atoms with Gasteiger partial charge in [-0.2, -0.15) is 5.26 Å². The van der Waals surface area contributed by atoms with E-state index in [1.165, 1.54) is 0 Å². The van der Waals surface area contributed by atoms with Gasteiger partial charge in [-0.25, -0.2) is 0 Å². The molecule has 0 saturated heterocycles. The lowest BCUT2D eigenvalue weighted by Crippen LogP contribution is -2.29. The van der Waals surface area contributed by atoms with Gasteiger partial charge in [-0.1, -0.05) is 30.3 Å². The number of anilines is 1. The highest BCUT2D eigenvalue weighted by atomic mass is 16.1. The van der Waals surface area contributed by atoms with Crippen molar-refractivity contribution in [2.45, 2.75) is 13.5 Å². The van der Waals surface area contributed by atoms with Crippen molar-refractivity contribution < 1.29 is 4.79 Å². The van der Waals surface area contributed by atoms with E-state index in [-0.39, 0.29) is 12.5 Å². The van der Waals surface area contributed by atoms with Gasteiger partial charge in [0.25, 0.3) is 0 Å². The van der Waals surface area contributed by atoms with E-state index in [2.05, 4.69) is 16.7 Å². The SMILES string of the molecule is Cc1ccccc1CNC(=O)CNc1cccc(C#N)c1. The van der Waals surface area contributed by atoms with Crippen molar-refractivity contribution in [3.63, 3.8) is 0 Å². The molecule has 4 nitrogen and oxygen atoms in total. The first kappa shape index (κ1) is 14.6. The van der Waals surface area contributed by atoms with E-state index >= 15 is 0 Å². The molecular formula is C17H17N3O. The third-order valence-electron chi connectivity index (χ3n) is 3.18. The Kier molecular flexibility index (Phi) is 4.94. The number of aryl methyl sites for hydroxylation is 1. The molecule has 4 heteroatoms. The van der Waals surface area contributed by atoms with Crippen LogP contribution in [0.2, 0.25) is 0 Å². The molecular weight excluding hydrogens is 262 g/mol. The number of nitrogens with zero attached hydrogens (tertiary/aromatic N) is 1. The van der Waals surface area contributed by atoms with Gasteiger partial charge in [0.2, 0.25) is 5.91 Å². The Bertz CT molecular complexity index is 674. The molecule has 106 valence electrons. The van der Waals surface area contributed by atoms with E-state index in [0.717, 1.165) is 16.8 Å². The lowest BCUT2D eigenvalue weighted by molar-refractivity contribution is -0.119. The molecule has 0 bridgehead atoms. The average molecular weight is 279 g/mol. The molecule has 0 fully saturated rings. The number of hydrogen-bond donors (Lipinski definition) is 2. The number of benzene rings is 2. The van der Waals surface area contributed by atoms with Gasteiger partial charge in [-0.15, -0.1) is 0 Å². The molecule has 0 aliphatic rings. The number of nitriles is 1. The predicted molar refractivity (Wildman–Crippen MR) is 82.7 cm³/mol. The molecule has 1 amide bonds. The largest absolute Gasteiger partial charge is 0.376 e. The highest BCUT2D eigenvalue weighted by Crippen LogP contribution is 2.09. The third-order valence-corrected chi connectivity index (χ3v) is 3.18. The van der Waals surface area contributed by atoms with Gasteiger partial charge in [0.15, 0.2) is 0 Å². The highest BCUT2D eigenvalue weighted by molar-refractivity contribution is 5.80. The zero-order valence-electron chi connectivity index (χ0n) is 11.9. The lowest BCUT2D eigenvalue weighted by Gasteiger charge is -2.09. The van der Waals surface area contributed by atoms with Crippen LogP contribution in [0.15, 0.2) is 48.5 Å². The number of nitrogens with one attached hydrogen (secondary N) is 2. The smallest absolute Gasteiger partial charge is 0.239 e. The first-order valence-corrected chi connectivity index (χ1v) is 6.74. The maximum Gasteiger partial charge on any atom is 0.239 e. The number of rotatable bonds is 5. The summed E-state index contributed by atoms with van der Waals surface area (Å²) in [5.74, 6) is -0.0828. The minimum atomic E-state index is -0.0828. The molecule has 0 aromatic heterocycles. The summed E-state index contributed by atoms with van der Waals surface area (Å²) in [5.41, 5.74) is 3.60. The van der Waals surface area contributed by atoms with Crippen molar-refractivity contribution in [2.75, 3.05) is 11.9 Å². The third kappa shape index (κ3) is 4.36. The Balaban J connectivity index is 1.82. The van der Waals surface area contributed by atoms with Crippen LogP contribution in [0.4, 0.5) is 5.69 Å². The van der Waals surface area contributed by atoms with Crippen molar-refractivity contribution in [1.82, 2.24) is 5.32 Å². The summed E-state index contributed by atoms with van der Waals surface area (Å²) in [7, 11) is 0. The van der Waals surface area contributed by atoms with Gasteiger partial charge in [0.1, 0.15) is 0 Å². The monoisotopic (exact) mass is 279 g/mol. The summed E-state index contributed by atoms with van der Waals surface area (Å²) >= 11 is 0. The van der Waals surface area contributed by atoms with Crippen LogP contribution in [0.3, 0.4) is 0 Å². The van der Waals surface area contributed by atoms with Crippen LogP contribution in [-0.2, 0) is 11.3 Å². The fourth-order valence-electron chi connectivity index (χ4n) is 1.95. The van der Waals surface area contributed by atoms with Crippen molar-refractivity contribution in [3.05, 3.63) is 65.2 Å². The Morgan fingerprint density at radius 3 is 2.76 bits per heavy atom. The predicted octanol–water partition coefficient (Wildman–Crippen LogP) is 2.60. The van der Waals surface area contributed by atoms with Gasteiger partial charge in [-0.05, 0) is 36.2 Å². The first-order valence-electron chi connectivity index (χ1n) is 6.74. The Morgan fingerprint density at radius 2 is 2.00 bits per heavy atom. The number of carbonyl (C=O) groups is 1. The van der Waals surface area contributed by atoms with Crippen molar-refractivity contribution >= 4 is 11.6 Å². The summed E-state index contributed by atoms with van der Waals surface area (Å²) in [5, 5.41) is 14.7. The molecule has 0 spiro atoms. The van der Waals surface area contributed by atoms with Crippen LogP contribution in [0.1, 0.15) is 16.7 Å². The van der Waals surface area contributed by atoms with Crippen molar-refractivity contribution in [3.8, 4) is 6.07 Å². The maximum absolute atomic E-state index is 11.8. The molecule has 2 rings (SSSR count). The second-order valence-corrected chi connectivity index (χ2v) is 4.75. The van der Waals surface area contributed by atoms with Crippen molar-refractivity contribution in [1.29, 1.82) is 5.26 Å². The standard InChI is InChI=1S/C17H17N3O/c1-13-5-2-3-7-15(13)11-20-17(21)12-19-16-8-4-6-14(9-16)10-18/h2-9,19H,11-12H2,1H3,(H,20,21). The minimum Gasteiger partial charge on any atom is -0.376 e. The molecule has 0 radical (unpaired) electrons. The van der Waals surface area contributed by atoms with Crippen LogP contribution < -0.4 is 10.6 Å². The summed E-state index contributed by atoms with van der Waals surface area (Å²) in [6, 6.07) is 17.1. The number of carbonyl (C=O) groups excluding carboxylic acids is 1. The molecule has 0 aliphatic heterocycles. The van der Waals surface area contributed by atoms with Gasteiger partial charge in [0.05, 0.1) is 18.2 Å². The number of hydrogen-bond acceptors (Lipinski definition) is 3. The Labute approximate surface area is 124 Å². The van der Waals surface area contributed by atoms with Gasteiger partial charge < -0.3 is 10.6 Å². The average Bonchev–Trinajstić information content (AvgIpc) is 2.52. The van der Waals surface area contributed by atoms with Crippen LogP contribution in [0.5, 0.6) is 0 Å². The van der Waals surface area contributed by atoms with Crippen LogP contribution in [-0.4, -0.2) is 12.5 Å². The summed E-state index contributed by atoms with van der Waals surface area (Å²) in [4.78, 5) is 11.8. The zero-order chi connectivity index (χ0) is 15.1. The Hall–Kier alpha value is -2.80. The normalized spacial score (nSPS) is 9.71. The quantitative estimate of drug-likeness (QED) is 0.884. The molecule has 0 heterocycles. The molecule has 0 unspecified atom stereocenters. The Morgan fingerprint density at radius 1 is 1.19 bits per heavy atom. The van der Waals surface area contributed by atoms with E-state index in [4.69, 9.17) is 5.26 Å². The van der Waals surface area contributed by atoms with Gasteiger partial charge >= 0.3 is 0 Å². The fraction of sp³-hybridized carbons (Fsp3) is 0.176. The molecule has 2 N–H and O–H groups in total. The van der Waals surface area contributed by atoms with E-state index in [1.807, 2.05) is 37.3 Å². The molecule has 2 aromatic carbocycles. The topological polar surface area (TPSA) is 64.9 Å². The second-order valence-electron chi connectivity index (χ2n) is 4.75. The van der Waals surface area contributed by atoms with E-state index in [9.17, 15) is 4.79 Å². The minimum absolute atomic E-state index is 0.0828. The molecule has 0 aliphatic carbocycles. The zero-order valence-corrected chi connectivity index (χ0v) is 11.9. The highest BCUT2D eigenvalue weighted by Gasteiger charge is 2.03. The summed E-state index contributed by atoms with van der Waals surface area (Å²) in [6.07, 6.45) is 0. The summed E-state index contributed by atoms with van der Waals surface area (Å²) in [6.45, 7) is 2.72. The summed E-state index contributed by atoms with van der Waals surface area (Å²) < 4.78 is 0. The molecule has 21 heavy (non-hydrogen) atoms. The lowest BCUT2D eigenvalue weighted by atomic mass is 10.1. The molecule has 0 atom stereocenters. The van der Waals surface area contributed by atoms with Crippen molar-refractivity contribution in [2.24, 2.45) is 0 Å². The van der Waals surface area contributed by atoms with Gasteiger partial charge in [0, 0.05) is 12.2 Å². The van der Waals surface area contributed by atoms with Crippen LogP contribution >= 0.6 is 0 Å². The maximum atomic E-state index is 11.8. The van der Waals surface area contributed by atoms with E-state index in [1.54, 1.807) is 18.2 Å². The molecule has 0 saturated carbocycles. The van der Waals surface area contributed by atoms with Crippen LogP contribution in [0, 0.1) is 18.3 Å². The fourth-order valence-corrected chi connectivity index (χ4v) is 1.95. The molecule has 2 aromatic rings. The van der Waals surface area contributed by atoms with Gasteiger partial charge in [-0.3, -0.25) is 4.79 Å². The first-order chi connectivity index (χ1) is 10.2.